The second-order valence-electron chi connectivity index (χ2n) is 8.21. The number of carbonyl (C=O) groups excluding carboxylic acids is 1. The summed E-state index contributed by atoms with van der Waals surface area (Å²) < 4.78 is 34.6. The van der Waals surface area contributed by atoms with E-state index in [-0.39, 0.29) is 47.0 Å². The van der Waals surface area contributed by atoms with Gasteiger partial charge in [0, 0.05) is 24.2 Å². The van der Waals surface area contributed by atoms with Crippen LogP contribution in [0.4, 0.5) is 14.6 Å². The topological polar surface area (TPSA) is 122 Å². The number of nitrogens with one attached hydrogen (secondary N) is 2. The van der Waals surface area contributed by atoms with Crippen LogP contribution in [0.3, 0.4) is 0 Å². The average Bonchev–Trinajstić information content (AvgIpc) is 3.29. The van der Waals surface area contributed by atoms with E-state index in [9.17, 15) is 23.5 Å². The van der Waals surface area contributed by atoms with Crippen LogP contribution < -0.4 is 10.9 Å². The van der Waals surface area contributed by atoms with E-state index in [0.29, 0.717) is 5.69 Å². The fraction of sp³-hybridized carbons (Fsp3) is 0.231. The molecule has 2 aromatic heterocycles. The highest BCUT2D eigenvalue weighted by Gasteiger charge is 2.24. The smallest absolute Gasteiger partial charge is 0.313 e. The number of nitrogens with zero attached hydrogens (tertiary/aromatic N) is 3. The number of hydrogen-bond acceptors (Lipinski definition) is 7. The Morgan fingerprint density at radius 2 is 1.97 bits per heavy atom. The molecule has 192 valence electrons. The van der Waals surface area contributed by atoms with Crippen LogP contribution in [0.1, 0.15) is 12.5 Å². The van der Waals surface area contributed by atoms with Gasteiger partial charge < -0.3 is 15.2 Å². The van der Waals surface area contributed by atoms with Crippen LogP contribution >= 0.6 is 0 Å². The van der Waals surface area contributed by atoms with Crippen LogP contribution in [0.25, 0.3) is 28.2 Å². The van der Waals surface area contributed by atoms with Gasteiger partial charge in [-0.3, -0.25) is 14.7 Å². The van der Waals surface area contributed by atoms with Crippen LogP contribution in [0.15, 0.2) is 59.4 Å². The summed E-state index contributed by atoms with van der Waals surface area (Å²) in [6.07, 6.45) is 0. The van der Waals surface area contributed by atoms with Crippen molar-refractivity contribution in [3.63, 3.8) is 0 Å². The molecule has 0 saturated heterocycles. The lowest BCUT2D eigenvalue weighted by molar-refractivity contribution is -0.148. The highest BCUT2D eigenvalue weighted by molar-refractivity contribution is 5.87. The highest BCUT2D eigenvalue weighted by atomic mass is 19.1. The minimum absolute atomic E-state index is 0.000225. The molecule has 0 saturated carbocycles. The van der Waals surface area contributed by atoms with Crippen molar-refractivity contribution in [3.05, 3.63) is 82.1 Å². The number of para-hydroxylation sites is 1. The molecule has 9 nitrogen and oxygen atoms in total. The van der Waals surface area contributed by atoms with E-state index in [1.807, 2.05) is 19.1 Å². The molecule has 2 heterocycles. The zero-order chi connectivity index (χ0) is 26.5. The molecule has 0 aliphatic carbocycles. The Morgan fingerprint density at radius 3 is 2.68 bits per heavy atom. The van der Waals surface area contributed by atoms with Gasteiger partial charge in [-0.1, -0.05) is 18.2 Å². The number of H-pyrrole nitrogens is 1. The number of halogens is 2. The Kier molecular flexibility index (Phi) is 7.73. The Labute approximate surface area is 210 Å². The first kappa shape index (κ1) is 25.7. The Morgan fingerprint density at radius 1 is 1.19 bits per heavy atom. The molecule has 0 fully saturated rings. The van der Waals surface area contributed by atoms with Crippen LogP contribution in [0.2, 0.25) is 0 Å². The van der Waals surface area contributed by atoms with Crippen molar-refractivity contribution >= 4 is 11.8 Å². The third-order valence-electron chi connectivity index (χ3n) is 5.72. The summed E-state index contributed by atoms with van der Waals surface area (Å²) in [4.78, 5) is 24.8. The Bertz CT molecular complexity index is 1480. The molecule has 2 aromatic carbocycles. The maximum absolute atomic E-state index is 14.8. The molecule has 0 aliphatic rings. The number of aliphatic hydroxyl groups excluding tert-OH is 1. The first-order valence-electron chi connectivity index (χ1n) is 11.6. The van der Waals surface area contributed by atoms with E-state index in [4.69, 9.17) is 4.74 Å². The van der Waals surface area contributed by atoms with E-state index >= 15 is 0 Å². The lowest BCUT2D eigenvalue weighted by Gasteiger charge is -2.15. The molecule has 0 amide bonds. The highest BCUT2D eigenvalue weighted by Crippen LogP contribution is 2.36. The van der Waals surface area contributed by atoms with Gasteiger partial charge in [0.25, 0.3) is 5.56 Å². The van der Waals surface area contributed by atoms with Crippen LogP contribution in [0, 0.1) is 24.5 Å². The lowest BCUT2D eigenvalue weighted by atomic mass is 10.0. The summed E-state index contributed by atoms with van der Waals surface area (Å²) in [6, 6.07) is 13.1. The van der Waals surface area contributed by atoms with Crippen molar-refractivity contribution in [1.82, 2.24) is 20.0 Å². The van der Waals surface area contributed by atoms with Crippen LogP contribution in [-0.2, 0) is 9.53 Å². The Balaban J connectivity index is 1.84. The number of carbonyl (C=O) groups is 1. The standard InChI is InChI=1S/C26H25F2N5O4/c1-3-37-26(36)16(14-34)13-29-25-23(24(30-31-25)18-9-8-17(27)12-19(18)28)20-10-11-22(35)33(32-20)21-7-5-4-6-15(21)2/h4-12,16,34H,3,13-14H2,1-2H3,(H2,29,30,31). The minimum Gasteiger partial charge on any atom is -0.466 e. The summed E-state index contributed by atoms with van der Waals surface area (Å²) in [7, 11) is 0. The third-order valence-corrected chi connectivity index (χ3v) is 5.72. The van der Waals surface area contributed by atoms with Gasteiger partial charge in [0.2, 0.25) is 0 Å². The molecule has 1 atom stereocenters. The molecule has 0 bridgehead atoms. The van der Waals surface area contributed by atoms with Gasteiger partial charge in [-0.05, 0) is 43.7 Å². The van der Waals surface area contributed by atoms with Gasteiger partial charge in [0.1, 0.15) is 23.1 Å². The second kappa shape index (κ2) is 11.1. The first-order chi connectivity index (χ1) is 17.8. The summed E-state index contributed by atoms with van der Waals surface area (Å²) in [6.45, 7) is 3.15. The zero-order valence-corrected chi connectivity index (χ0v) is 20.2. The van der Waals surface area contributed by atoms with E-state index in [0.717, 1.165) is 17.7 Å². The molecular formula is C26H25F2N5O4. The van der Waals surface area contributed by atoms with Crippen LogP contribution in [-0.4, -0.2) is 50.8 Å². The number of ether oxygens (including phenoxy) is 1. The van der Waals surface area contributed by atoms with E-state index in [2.05, 4.69) is 20.6 Å². The van der Waals surface area contributed by atoms with E-state index in [1.165, 1.54) is 22.9 Å². The van der Waals surface area contributed by atoms with Gasteiger partial charge in [-0.15, -0.1) is 0 Å². The second-order valence-corrected chi connectivity index (χ2v) is 8.21. The number of esters is 1. The fourth-order valence-corrected chi connectivity index (χ4v) is 3.82. The summed E-state index contributed by atoms with van der Waals surface area (Å²) in [5.74, 6) is -2.80. The summed E-state index contributed by atoms with van der Waals surface area (Å²) in [5, 5.41) is 24.2. The number of benzene rings is 2. The normalized spacial score (nSPS) is 11.8. The molecule has 4 aromatic rings. The van der Waals surface area contributed by atoms with Crippen molar-refractivity contribution in [3.8, 4) is 28.2 Å². The first-order valence-corrected chi connectivity index (χ1v) is 11.6. The number of rotatable bonds is 9. The van der Waals surface area contributed by atoms with Crippen molar-refractivity contribution < 1.29 is 23.4 Å². The maximum Gasteiger partial charge on any atom is 0.313 e. The largest absolute Gasteiger partial charge is 0.466 e. The van der Waals surface area contributed by atoms with E-state index in [1.54, 1.807) is 19.1 Å². The summed E-state index contributed by atoms with van der Waals surface area (Å²) >= 11 is 0. The number of anilines is 1. The molecule has 11 heteroatoms. The Hall–Kier alpha value is -4.38. The number of aromatic amines is 1. The third kappa shape index (κ3) is 5.41. The monoisotopic (exact) mass is 509 g/mol. The predicted octanol–water partition coefficient (Wildman–Crippen LogP) is 3.46. The SMILES string of the molecule is CCOC(=O)C(CO)CNc1[nH]nc(-c2ccc(F)cc2F)c1-c1ccc(=O)n(-c2ccccc2C)n1. The quantitative estimate of drug-likeness (QED) is 0.296. The predicted molar refractivity (Wildman–Crippen MR) is 133 cm³/mol. The van der Waals surface area contributed by atoms with Gasteiger partial charge in [0.05, 0.1) is 36.1 Å². The molecule has 0 radical (unpaired) electrons. The van der Waals surface area contributed by atoms with Gasteiger partial charge in [-0.2, -0.15) is 14.9 Å². The van der Waals surface area contributed by atoms with Crippen molar-refractivity contribution in [1.29, 1.82) is 0 Å². The lowest BCUT2D eigenvalue weighted by Crippen LogP contribution is -2.28. The van der Waals surface area contributed by atoms with Crippen molar-refractivity contribution in [2.75, 3.05) is 25.1 Å². The molecular weight excluding hydrogens is 484 g/mol. The summed E-state index contributed by atoms with van der Waals surface area (Å²) in [5.41, 5.74) is 1.64. The molecule has 3 N–H and O–H groups in total. The van der Waals surface area contributed by atoms with Gasteiger partial charge >= 0.3 is 5.97 Å². The van der Waals surface area contributed by atoms with Crippen molar-refractivity contribution in [2.24, 2.45) is 5.92 Å². The van der Waals surface area contributed by atoms with Crippen molar-refractivity contribution in [2.45, 2.75) is 13.8 Å². The van der Waals surface area contributed by atoms with E-state index < -0.39 is 30.1 Å². The average molecular weight is 510 g/mol. The molecule has 0 spiro atoms. The fourth-order valence-electron chi connectivity index (χ4n) is 3.82. The number of aliphatic hydroxyl groups is 1. The maximum atomic E-state index is 14.8. The molecule has 37 heavy (non-hydrogen) atoms. The zero-order valence-electron chi connectivity index (χ0n) is 20.2. The number of aromatic nitrogens is 4. The minimum atomic E-state index is -0.879. The molecule has 0 aliphatic heterocycles. The van der Waals surface area contributed by atoms with Gasteiger partial charge in [0.15, 0.2) is 0 Å². The molecule has 4 rings (SSSR count). The van der Waals surface area contributed by atoms with Gasteiger partial charge in [-0.25, -0.2) is 8.78 Å². The van der Waals surface area contributed by atoms with Crippen LogP contribution in [0.5, 0.6) is 0 Å². The number of aryl methyl sites for hydroxylation is 1. The number of hydrogen-bond donors (Lipinski definition) is 3. The molecule has 1 unspecified atom stereocenters.